The van der Waals surface area contributed by atoms with Crippen LogP contribution in [0.15, 0.2) is 17.1 Å². The van der Waals surface area contributed by atoms with Crippen LogP contribution in [0.1, 0.15) is 29.8 Å². The molecule has 0 bridgehead atoms. The van der Waals surface area contributed by atoms with Crippen LogP contribution in [0.5, 0.6) is 0 Å². The summed E-state index contributed by atoms with van der Waals surface area (Å²) in [6.45, 7) is 6.47. The van der Waals surface area contributed by atoms with Gasteiger partial charge in [0, 0.05) is 58.6 Å². The molecule has 1 fully saturated rings. The van der Waals surface area contributed by atoms with Crippen molar-refractivity contribution in [2.45, 2.75) is 38.8 Å². The SMILES string of the molecule is Cn1cc(CN2CCN(CCn3nc4c(cc3=O)CCCC4)CC2)nn1. The molecule has 26 heavy (non-hydrogen) atoms. The van der Waals surface area contributed by atoms with Crippen LogP contribution in [-0.4, -0.2) is 67.3 Å². The smallest absolute Gasteiger partial charge is 0.267 e. The Morgan fingerprint density at radius 3 is 2.58 bits per heavy atom. The fraction of sp³-hybridized carbons (Fsp3) is 0.667. The first-order valence-electron chi connectivity index (χ1n) is 9.57. The molecule has 8 heteroatoms. The van der Waals surface area contributed by atoms with E-state index in [1.165, 1.54) is 12.8 Å². The van der Waals surface area contributed by atoms with Gasteiger partial charge in [-0.1, -0.05) is 5.21 Å². The second-order valence-electron chi connectivity index (χ2n) is 7.39. The van der Waals surface area contributed by atoms with Crippen molar-refractivity contribution in [2.24, 2.45) is 7.05 Å². The lowest BCUT2D eigenvalue weighted by molar-refractivity contribution is 0.121. The first-order chi connectivity index (χ1) is 12.7. The number of piperazine rings is 1. The molecule has 2 aliphatic rings. The molecule has 0 N–H and O–H groups in total. The third-order valence-electron chi connectivity index (χ3n) is 5.40. The number of aryl methyl sites for hydroxylation is 3. The molecular weight excluding hydrogens is 330 g/mol. The number of fused-ring (bicyclic) bond motifs is 1. The highest BCUT2D eigenvalue weighted by atomic mass is 16.1. The number of rotatable bonds is 5. The van der Waals surface area contributed by atoms with Crippen molar-refractivity contribution in [1.29, 1.82) is 0 Å². The molecule has 1 aliphatic carbocycles. The van der Waals surface area contributed by atoms with Crippen molar-refractivity contribution < 1.29 is 0 Å². The first-order valence-corrected chi connectivity index (χ1v) is 9.57. The zero-order chi connectivity index (χ0) is 17.9. The maximum absolute atomic E-state index is 12.3. The van der Waals surface area contributed by atoms with Crippen molar-refractivity contribution in [3.8, 4) is 0 Å². The van der Waals surface area contributed by atoms with Crippen LogP contribution >= 0.6 is 0 Å². The van der Waals surface area contributed by atoms with Gasteiger partial charge in [-0.2, -0.15) is 5.10 Å². The quantitative estimate of drug-likeness (QED) is 0.754. The molecule has 0 radical (unpaired) electrons. The summed E-state index contributed by atoms with van der Waals surface area (Å²) in [7, 11) is 1.89. The lowest BCUT2D eigenvalue weighted by Crippen LogP contribution is -2.47. The van der Waals surface area contributed by atoms with Crippen LogP contribution in [0.4, 0.5) is 0 Å². The van der Waals surface area contributed by atoms with Gasteiger partial charge in [0.2, 0.25) is 0 Å². The van der Waals surface area contributed by atoms with E-state index in [2.05, 4.69) is 25.2 Å². The zero-order valence-electron chi connectivity index (χ0n) is 15.5. The van der Waals surface area contributed by atoms with Crippen molar-refractivity contribution in [3.05, 3.63) is 39.6 Å². The molecule has 1 saturated heterocycles. The molecule has 1 aliphatic heterocycles. The molecule has 8 nitrogen and oxygen atoms in total. The van der Waals surface area contributed by atoms with E-state index in [0.29, 0.717) is 6.54 Å². The molecular formula is C18H27N7O. The fourth-order valence-corrected chi connectivity index (χ4v) is 3.87. The number of hydrogen-bond acceptors (Lipinski definition) is 6. The summed E-state index contributed by atoms with van der Waals surface area (Å²) in [6.07, 6.45) is 6.35. The highest BCUT2D eigenvalue weighted by molar-refractivity contribution is 5.20. The van der Waals surface area contributed by atoms with Crippen LogP contribution in [0, 0.1) is 0 Å². The monoisotopic (exact) mass is 357 g/mol. The van der Waals surface area contributed by atoms with Crippen LogP contribution in [-0.2, 0) is 33.0 Å². The Kier molecular flexibility index (Phi) is 5.12. The highest BCUT2D eigenvalue weighted by Crippen LogP contribution is 2.16. The Hall–Kier alpha value is -2.06. The summed E-state index contributed by atoms with van der Waals surface area (Å²) >= 11 is 0. The minimum atomic E-state index is 0.0481. The van der Waals surface area contributed by atoms with E-state index in [0.717, 1.165) is 69.1 Å². The molecule has 2 aromatic heterocycles. The molecule has 0 saturated carbocycles. The summed E-state index contributed by atoms with van der Waals surface area (Å²) in [5.74, 6) is 0. The Morgan fingerprint density at radius 1 is 1.04 bits per heavy atom. The van der Waals surface area contributed by atoms with Gasteiger partial charge >= 0.3 is 0 Å². The summed E-state index contributed by atoms with van der Waals surface area (Å²) < 4.78 is 3.41. The number of nitrogens with zero attached hydrogens (tertiary/aromatic N) is 7. The van der Waals surface area contributed by atoms with Crippen molar-refractivity contribution >= 4 is 0 Å². The number of aromatic nitrogens is 5. The minimum absolute atomic E-state index is 0.0481. The van der Waals surface area contributed by atoms with Crippen molar-refractivity contribution in [1.82, 2.24) is 34.6 Å². The van der Waals surface area contributed by atoms with Gasteiger partial charge in [0.15, 0.2) is 0 Å². The van der Waals surface area contributed by atoms with Gasteiger partial charge in [0.1, 0.15) is 0 Å². The van der Waals surface area contributed by atoms with Gasteiger partial charge in [-0.05, 0) is 31.2 Å². The topological polar surface area (TPSA) is 72.1 Å². The normalized spacial score (nSPS) is 18.8. The summed E-state index contributed by atoms with van der Waals surface area (Å²) in [5, 5.41) is 12.8. The van der Waals surface area contributed by atoms with E-state index in [1.807, 2.05) is 13.2 Å². The molecule has 0 atom stereocenters. The van der Waals surface area contributed by atoms with Crippen molar-refractivity contribution in [3.63, 3.8) is 0 Å². The third kappa shape index (κ3) is 4.02. The number of hydrogen-bond donors (Lipinski definition) is 0. The van der Waals surface area contributed by atoms with E-state index in [4.69, 9.17) is 0 Å². The molecule has 4 rings (SSSR count). The van der Waals surface area contributed by atoms with Crippen molar-refractivity contribution in [2.75, 3.05) is 32.7 Å². The van der Waals surface area contributed by atoms with Crippen LogP contribution in [0.3, 0.4) is 0 Å². The van der Waals surface area contributed by atoms with E-state index in [1.54, 1.807) is 15.4 Å². The molecule has 0 spiro atoms. The maximum atomic E-state index is 12.3. The van der Waals surface area contributed by atoms with Gasteiger partial charge < -0.3 is 0 Å². The minimum Gasteiger partial charge on any atom is -0.299 e. The van der Waals surface area contributed by atoms with E-state index in [-0.39, 0.29) is 5.56 Å². The Balaban J connectivity index is 1.28. The van der Waals surface area contributed by atoms with E-state index < -0.39 is 0 Å². The Morgan fingerprint density at radius 2 is 1.81 bits per heavy atom. The van der Waals surface area contributed by atoms with Crippen LogP contribution in [0.25, 0.3) is 0 Å². The van der Waals surface area contributed by atoms with Gasteiger partial charge in [-0.15, -0.1) is 5.10 Å². The van der Waals surface area contributed by atoms with Gasteiger partial charge in [-0.25, -0.2) is 4.68 Å². The second kappa shape index (κ2) is 7.67. The molecule has 3 heterocycles. The fourth-order valence-electron chi connectivity index (χ4n) is 3.87. The van der Waals surface area contributed by atoms with Crippen LogP contribution < -0.4 is 5.56 Å². The average Bonchev–Trinajstić information content (AvgIpc) is 3.06. The van der Waals surface area contributed by atoms with Gasteiger partial charge in [-0.3, -0.25) is 19.3 Å². The summed E-state index contributed by atoms with van der Waals surface area (Å²) in [5.41, 5.74) is 3.36. The lowest BCUT2D eigenvalue weighted by Gasteiger charge is -2.34. The molecule has 2 aromatic rings. The average molecular weight is 357 g/mol. The highest BCUT2D eigenvalue weighted by Gasteiger charge is 2.18. The summed E-state index contributed by atoms with van der Waals surface area (Å²) in [4.78, 5) is 17.1. The van der Waals surface area contributed by atoms with Gasteiger partial charge in [0.25, 0.3) is 5.56 Å². The molecule has 0 amide bonds. The lowest BCUT2D eigenvalue weighted by atomic mass is 9.97. The molecule has 140 valence electrons. The maximum Gasteiger partial charge on any atom is 0.267 e. The predicted octanol–water partition coefficient (Wildman–Crippen LogP) is 0.0684. The molecule has 0 unspecified atom stereocenters. The van der Waals surface area contributed by atoms with E-state index >= 15 is 0 Å². The van der Waals surface area contributed by atoms with E-state index in [9.17, 15) is 4.79 Å². The summed E-state index contributed by atoms with van der Waals surface area (Å²) in [6, 6.07) is 1.81. The predicted molar refractivity (Wildman–Crippen MR) is 97.9 cm³/mol. The van der Waals surface area contributed by atoms with Gasteiger partial charge in [0.05, 0.1) is 17.9 Å². The second-order valence-corrected chi connectivity index (χ2v) is 7.39. The first kappa shape index (κ1) is 17.4. The Labute approximate surface area is 153 Å². The van der Waals surface area contributed by atoms with Crippen LogP contribution in [0.2, 0.25) is 0 Å². The third-order valence-corrected chi connectivity index (χ3v) is 5.40. The Bertz CT molecular complexity index is 804. The zero-order valence-corrected chi connectivity index (χ0v) is 15.5. The largest absolute Gasteiger partial charge is 0.299 e. The molecule has 0 aromatic carbocycles. The standard InChI is InChI=1S/C18H27N7O/c1-22-13-16(19-21-22)14-24-8-6-23(7-9-24)10-11-25-18(26)12-15-4-2-3-5-17(15)20-25/h12-13H,2-11,14H2,1H3.